The SMILES string of the molecule is O=C(COc1ccc(Br)cc1[C@H]1c2sc(=O)[nH]c2SC2C3CC(C4C(=O)N(c5ccc([N+](=O)[O-])cc5)C(=O)C34)C21)Nc1ccccc1C(F)(F)F. The molecule has 3 amide bonds. The Morgan fingerprint density at radius 2 is 1.75 bits per heavy atom. The summed E-state index contributed by atoms with van der Waals surface area (Å²) in [6.45, 7) is -0.611. The van der Waals surface area contributed by atoms with E-state index in [2.05, 4.69) is 26.2 Å². The maximum atomic E-state index is 14.1. The predicted octanol–water partition coefficient (Wildman–Crippen LogP) is 6.82. The van der Waals surface area contributed by atoms with E-state index >= 15 is 0 Å². The molecule has 0 spiro atoms. The van der Waals surface area contributed by atoms with E-state index < -0.39 is 52.6 Å². The summed E-state index contributed by atoms with van der Waals surface area (Å²) in [5.41, 5.74) is -0.686. The molecule has 8 rings (SSSR count). The van der Waals surface area contributed by atoms with Gasteiger partial charge in [-0.25, -0.2) is 0 Å². The van der Waals surface area contributed by atoms with Gasteiger partial charge in [0.05, 0.1) is 38.7 Å². The standard InChI is InChI=1S/C34H24BrF3N4O7S2/c35-14-5-10-22(49-13-23(43)39-21-4-2-1-3-20(21)34(36,37)38)17(11-14)24-25-18-12-19(28(25)50-30-29(24)51-33(46)40-30)27-26(18)31(44)41(32(27)45)15-6-8-16(9-7-15)42(47)48/h1-11,18-19,24-28H,12-13H2,(H,39,43)(H,40,46)/t18?,19?,24-,25?,26?,27?,28?/m1/s1. The number of ether oxygens (including phenoxy) is 1. The predicted molar refractivity (Wildman–Crippen MR) is 184 cm³/mol. The number of halogens is 4. The highest BCUT2D eigenvalue weighted by Crippen LogP contribution is 2.69. The number of nitro benzene ring substituents is 1. The van der Waals surface area contributed by atoms with Gasteiger partial charge in [0.2, 0.25) is 11.8 Å². The number of aromatic nitrogens is 1. The molecular formula is C34H24BrF3N4O7S2. The number of thiazole rings is 1. The van der Waals surface area contributed by atoms with Gasteiger partial charge in [0.25, 0.3) is 11.6 Å². The van der Waals surface area contributed by atoms with E-state index in [0.717, 1.165) is 33.2 Å². The molecule has 11 nitrogen and oxygen atoms in total. The number of nitrogens with zero attached hydrogens (tertiary/aromatic N) is 2. The molecule has 4 aromatic rings. The second kappa shape index (κ2) is 12.3. The van der Waals surface area contributed by atoms with Crippen LogP contribution in [0.25, 0.3) is 0 Å². The molecule has 2 saturated carbocycles. The Morgan fingerprint density at radius 1 is 1.04 bits per heavy atom. The number of benzene rings is 3. The number of carbonyl (C=O) groups excluding carboxylic acids is 3. The molecule has 7 atom stereocenters. The number of nitro groups is 1. The number of alkyl halides is 3. The smallest absolute Gasteiger partial charge is 0.418 e. The zero-order chi connectivity index (χ0) is 35.9. The Kier molecular flexibility index (Phi) is 8.14. The van der Waals surface area contributed by atoms with Crippen molar-refractivity contribution in [3.05, 3.63) is 107 Å². The monoisotopic (exact) mass is 800 g/mol. The van der Waals surface area contributed by atoms with E-state index in [1.807, 2.05) is 6.07 Å². The first-order valence-corrected chi connectivity index (χ1v) is 18.2. The number of carbonyl (C=O) groups is 3. The highest BCUT2D eigenvalue weighted by atomic mass is 79.9. The lowest BCUT2D eigenvalue weighted by atomic mass is 9.68. The third-order valence-corrected chi connectivity index (χ3v) is 13.3. The molecule has 17 heteroatoms. The Morgan fingerprint density at radius 3 is 2.45 bits per heavy atom. The summed E-state index contributed by atoms with van der Waals surface area (Å²) in [5.74, 6) is -3.67. The maximum absolute atomic E-state index is 14.1. The van der Waals surface area contributed by atoms with Crippen LogP contribution in [0.2, 0.25) is 0 Å². The number of amides is 3. The summed E-state index contributed by atoms with van der Waals surface area (Å²) in [6.07, 6.45) is -4.08. The lowest BCUT2D eigenvalue weighted by molar-refractivity contribution is -0.384. The average molecular weight is 802 g/mol. The van der Waals surface area contributed by atoms with E-state index in [1.54, 1.807) is 12.1 Å². The summed E-state index contributed by atoms with van der Waals surface area (Å²) in [5, 5.41) is 14.0. The molecular weight excluding hydrogens is 777 g/mol. The fraction of sp³-hybridized carbons (Fsp3) is 0.294. The molecule has 51 heavy (non-hydrogen) atoms. The molecule has 262 valence electrons. The number of thioether (sulfide) groups is 1. The van der Waals surface area contributed by atoms with Crippen molar-refractivity contribution in [2.75, 3.05) is 16.8 Å². The quantitative estimate of drug-likeness (QED) is 0.117. The number of imide groups is 1. The molecule has 4 aliphatic rings. The van der Waals surface area contributed by atoms with Crippen molar-refractivity contribution >= 4 is 73.8 Å². The molecule has 6 unspecified atom stereocenters. The minimum absolute atomic E-state index is 0.165. The van der Waals surface area contributed by atoms with Crippen LogP contribution in [0, 0.1) is 39.7 Å². The zero-order valence-electron chi connectivity index (χ0n) is 25.9. The van der Waals surface area contributed by atoms with Gasteiger partial charge >= 0.3 is 11.0 Å². The molecule has 2 aliphatic carbocycles. The number of aromatic amines is 1. The van der Waals surface area contributed by atoms with Crippen LogP contribution in [0.4, 0.5) is 30.2 Å². The van der Waals surface area contributed by atoms with Crippen LogP contribution in [0.3, 0.4) is 0 Å². The van der Waals surface area contributed by atoms with Crippen molar-refractivity contribution < 1.29 is 37.2 Å². The topological polar surface area (TPSA) is 152 Å². The molecule has 1 aromatic heterocycles. The lowest BCUT2D eigenvalue weighted by Crippen LogP contribution is -2.42. The molecule has 3 aromatic carbocycles. The third kappa shape index (κ3) is 5.56. The number of hydrogen-bond donors (Lipinski definition) is 2. The Bertz CT molecular complexity index is 2190. The molecule has 2 N–H and O–H groups in total. The van der Waals surface area contributed by atoms with Gasteiger partial charge < -0.3 is 15.0 Å². The second-order valence-electron chi connectivity index (χ2n) is 12.8. The van der Waals surface area contributed by atoms with E-state index in [1.165, 1.54) is 48.2 Å². The third-order valence-electron chi connectivity index (χ3n) is 10.2. The minimum Gasteiger partial charge on any atom is -0.483 e. The van der Waals surface area contributed by atoms with Gasteiger partial charge in [0.1, 0.15) is 5.75 Å². The van der Waals surface area contributed by atoms with Crippen LogP contribution in [0.15, 0.2) is 81.0 Å². The van der Waals surface area contributed by atoms with Crippen LogP contribution < -0.4 is 19.8 Å². The van der Waals surface area contributed by atoms with Gasteiger partial charge in [-0.1, -0.05) is 39.4 Å². The van der Waals surface area contributed by atoms with E-state index in [4.69, 9.17) is 4.74 Å². The van der Waals surface area contributed by atoms with Crippen molar-refractivity contribution in [2.24, 2.45) is 29.6 Å². The highest BCUT2D eigenvalue weighted by Gasteiger charge is 2.70. The average Bonchev–Trinajstić information content (AvgIpc) is 3.82. The maximum Gasteiger partial charge on any atom is 0.418 e. The normalized spacial score (nSPS) is 26.1. The second-order valence-corrected chi connectivity index (χ2v) is 15.9. The fourth-order valence-corrected chi connectivity index (χ4v) is 11.7. The van der Waals surface area contributed by atoms with Crippen LogP contribution in [-0.4, -0.2) is 39.5 Å². The summed E-state index contributed by atoms with van der Waals surface area (Å²) in [7, 11) is 0. The van der Waals surface area contributed by atoms with Gasteiger partial charge in [0.15, 0.2) is 6.61 Å². The van der Waals surface area contributed by atoms with Gasteiger partial charge in [-0.3, -0.25) is 34.2 Å². The summed E-state index contributed by atoms with van der Waals surface area (Å²) in [4.78, 5) is 68.8. The van der Waals surface area contributed by atoms with E-state index in [-0.39, 0.29) is 56.8 Å². The van der Waals surface area contributed by atoms with Crippen LogP contribution >= 0.6 is 39.0 Å². The van der Waals surface area contributed by atoms with Crippen molar-refractivity contribution in [1.82, 2.24) is 4.98 Å². The summed E-state index contributed by atoms with van der Waals surface area (Å²) >= 11 is 6.04. The summed E-state index contributed by atoms with van der Waals surface area (Å²) < 4.78 is 47.3. The first-order chi connectivity index (χ1) is 24.3. The van der Waals surface area contributed by atoms with Crippen molar-refractivity contribution in [1.29, 1.82) is 0 Å². The molecule has 3 fully saturated rings. The van der Waals surface area contributed by atoms with Gasteiger partial charge in [-0.2, -0.15) is 13.2 Å². The molecule has 1 saturated heterocycles. The number of anilines is 2. The van der Waals surface area contributed by atoms with Crippen molar-refractivity contribution in [2.45, 2.75) is 28.8 Å². The summed E-state index contributed by atoms with van der Waals surface area (Å²) in [6, 6.07) is 15.1. The molecule has 2 bridgehead atoms. The Hall–Kier alpha value is -4.48. The highest BCUT2D eigenvalue weighted by molar-refractivity contribution is 9.10. The number of non-ortho nitro benzene ring substituents is 1. The van der Waals surface area contributed by atoms with Gasteiger partial charge in [-0.15, -0.1) is 11.8 Å². The lowest BCUT2D eigenvalue weighted by Gasteiger charge is -2.43. The molecule has 0 radical (unpaired) electrons. The van der Waals surface area contributed by atoms with Crippen LogP contribution in [-0.2, 0) is 20.6 Å². The van der Waals surface area contributed by atoms with E-state index in [9.17, 15) is 42.5 Å². The largest absolute Gasteiger partial charge is 0.483 e. The Balaban J connectivity index is 1.12. The van der Waals surface area contributed by atoms with Gasteiger partial charge in [-0.05, 0) is 66.6 Å². The van der Waals surface area contributed by atoms with Crippen molar-refractivity contribution in [3.8, 4) is 5.75 Å². The zero-order valence-corrected chi connectivity index (χ0v) is 29.1. The van der Waals surface area contributed by atoms with Crippen LogP contribution in [0.5, 0.6) is 5.75 Å². The number of fused-ring (bicyclic) bond motifs is 9. The number of H-pyrrole nitrogens is 1. The van der Waals surface area contributed by atoms with Gasteiger partial charge in [0, 0.05) is 38.2 Å². The molecule has 3 heterocycles. The molecule has 2 aliphatic heterocycles. The Labute approximate surface area is 302 Å². The first kappa shape index (κ1) is 33.7. The van der Waals surface area contributed by atoms with E-state index in [0.29, 0.717) is 21.5 Å². The number of nitrogens with one attached hydrogen (secondary N) is 2. The number of hydrogen-bond acceptors (Lipinski definition) is 9. The fourth-order valence-electron chi connectivity index (χ4n) is 8.41. The number of para-hydroxylation sites is 1. The minimum atomic E-state index is -4.68. The first-order valence-electron chi connectivity index (χ1n) is 15.7. The number of rotatable bonds is 7. The van der Waals surface area contributed by atoms with Crippen LogP contribution in [0.1, 0.15) is 28.3 Å². The van der Waals surface area contributed by atoms with Crippen molar-refractivity contribution in [3.63, 3.8) is 0 Å².